The Labute approximate surface area is 110 Å². The minimum Gasteiger partial charge on any atom is -0.346 e. The zero-order valence-corrected chi connectivity index (χ0v) is 10.4. The van der Waals surface area contributed by atoms with Crippen LogP contribution in [0.25, 0.3) is 11.0 Å². The van der Waals surface area contributed by atoms with Gasteiger partial charge in [0.15, 0.2) is 0 Å². The summed E-state index contributed by atoms with van der Waals surface area (Å²) in [5.41, 5.74) is 1.87. The Bertz CT molecular complexity index is 733. The van der Waals surface area contributed by atoms with Gasteiger partial charge in [-0.3, -0.25) is 4.98 Å². The van der Waals surface area contributed by atoms with E-state index in [4.69, 9.17) is 0 Å². The number of hydrogen-bond donors (Lipinski definition) is 0. The Kier molecular flexibility index (Phi) is 2.24. The molecule has 4 rings (SSSR count). The number of rotatable bonds is 1. The fourth-order valence-electron chi connectivity index (χ4n) is 2.47. The molecule has 0 saturated carbocycles. The minimum absolute atomic E-state index is 0.792. The predicted octanol–water partition coefficient (Wildman–Crippen LogP) is 1.85. The van der Waals surface area contributed by atoms with Gasteiger partial charge in [-0.1, -0.05) is 12.1 Å². The lowest BCUT2D eigenvalue weighted by Gasteiger charge is -2.28. The second-order valence-electron chi connectivity index (χ2n) is 4.68. The molecule has 3 aromatic rings. The first-order valence-electron chi connectivity index (χ1n) is 6.37. The van der Waals surface area contributed by atoms with Crippen LogP contribution < -0.4 is 4.90 Å². The van der Waals surface area contributed by atoms with Crippen LogP contribution in [-0.4, -0.2) is 26.1 Å². The summed E-state index contributed by atoms with van der Waals surface area (Å²) in [5.74, 6) is 2.01. The summed E-state index contributed by atoms with van der Waals surface area (Å²) in [5, 5.41) is 0. The molecule has 0 radical (unpaired) electrons. The van der Waals surface area contributed by atoms with Crippen molar-refractivity contribution in [2.75, 3.05) is 11.4 Å². The average molecular weight is 251 g/mol. The molecule has 2 aromatic heterocycles. The highest BCUT2D eigenvalue weighted by atomic mass is 15.3. The molecule has 0 N–H and O–H groups in total. The Balaban J connectivity index is 1.71. The van der Waals surface area contributed by atoms with Crippen molar-refractivity contribution >= 4 is 16.9 Å². The lowest BCUT2D eigenvalue weighted by Crippen LogP contribution is -2.34. The fourth-order valence-corrected chi connectivity index (χ4v) is 2.47. The highest BCUT2D eigenvalue weighted by Crippen LogP contribution is 2.19. The van der Waals surface area contributed by atoms with Gasteiger partial charge in [-0.25, -0.2) is 9.97 Å². The number of fused-ring (bicyclic) bond motifs is 2. The topological polar surface area (TPSA) is 46.8 Å². The van der Waals surface area contributed by atoms with Crippen molar-refractivity contribution in [1.82, 2.24) is 19.5 Å². The fraction of sp³-hybridized carbons (Fsp3) is 0.214. The number of benzene rings is 1. The van der Waals surface area contributed by atoms with E-state index in [1.807, 2.05) is 42.9 Å². The number of anilines is 1. The SMILES string of the molecule is c1ccc2nc(N3CCn4ccnc4C3)cnc2c1. The van der Waals surface area contributed by atoms with Crippen molar-refractivity contribution in [1.29, 1.82) is 0 Å². The minimum atomic E-state index is 0.792. The van der Waals surface area contributed by atoms with Gasteiger partial charge in [0, 0.05) is 25.5 Å². The van der Waals surface area contributed by atoms with E-state index in [0.29, 0.717) is 0 Å². The molecule has 5 heteroatoms. The summed E-state index contributed by atoms with van der Waals surface area (Å²) < 4.78 is 2.19. The van der Waals surface area contributed by atoms with Gasteiger partial charge in [0.2, 0.25) is 0 Å². The second-order valence-corrected chi connectivity index (χ2v) is 4.68. The molecule has 94 valence electrons. The molecule has 3 heterocycles. The lowest BCUT2D eigenvalue weighted by atomic mass is 10.3. The first kappa shape index (κ1) is 10.5. The lowest BCUT2D eigenvalue weighted by molar-refractivity contribution is 0.556. The predicted molar refractivity (Wildman–Crippen MR) is 72.8 cm³/mol. The largest absolute Gasteiger partial charge is 0.346 e. The number of aromatic nitrogens is 4. The van der Waals surface area contributed by atoms with E-state index >= 15 is 0 Å². The number of imidazole rings is 1. The van der Waals surface area contributed by atoms with E-state index in [0.717, 1.165) is 42.3 Å². The molecule has 0 spiro atoms. The Hall–Kier alpha value is -2.43. The number of nitrogens with zero attached hydrogens (tertiary/aromatic N) is 5. The maximum atomic E-state index is 4.68. The first-order chi connectivity index (χ1) is 9.40. The highest BCUT2D eigenvalue weighted by Gasteiger charge is 2.18. The normalized spacial score (nSPS) is 14.6. The molecule has 0 saturated heterocycles. The molecular formula is C14H13N5. The van der Waals surface area contributed by atoms with Crippen molar-refractivity contribution < 1.29 is 0 Å². The van der Waals surface area contributed by atoms with Crippen molar-refractivity contribution in [2.24, 2.45) is 0 Å². The molecule has 0 amide bonds. The van der Waals surface area contributed by atoms with Crippen LogP contribution in [0.1, 0.15) is 5.82 Å². The maximum Gasteiger partial charge on any atom is 0.148 e. The Morgan fingerprint density at radius 3 is 2.84 bits per heavy atom. The van der Waals surface area contributed by atoms with Gasteiger partial charge >= 0.3 is 0 Å². The second kappa shape index (κ2) is 4.05. The molecule has 1 aliphatic rings. The summed E-state index contributed by atoms with van der Waals surface area (Å²) in [7, 11) is 0. The summed E-state index contributed by atoms with van der Waals surface area (Å²) in [4.78, 5) is 15.7. The number of hydrogen-bond acceptors (Lipinski definition) is 4. The number of para-hydroxylation sites is 2. The van der Waals surface area contributed by atoms with Crippen molar-refractivity contribution in [3.63, 3.8) is 0 Å². The molecule has 1 aromatic carbocycles. The van der Waals surface area contributed by atoms with Gasteiger partial charge in [-0.05, 0) is 12.1 Å². The molecule has 0 fully saturated rings. The van der Waals surface area contributed by atoms with Crippen LogP contribution >= 0.6 is 0 Å². The molecular weight excluding hydrogens is 238 g/mol. The first-order valence-corrected chi connectivity index (χ1v) is 6.37. The molecule has 0 bridgehead atoms. The monoisotopic (exact) mass is 251 g/mol. The van der Waals surface area contributed by atoms with Crippen molar-refractivity contribution in [2.45, 2.75) is 13.1 Å². The van der Waals surface area contributed by atoms with E-state index < -0.39 is 0 Å². The molecule has 0 atom stereocenters. The third kappa shape index (κ3) is 1.74. The maximum absolute atomic E-state index is 4.68. The van der Waals surface area contributed by atoms with Crippen LogP contribution in [0.5, 0.6) is 0 Å². The van der Waals surface area contributed by atoms with Gasteiger partial charge in [-0.15, -0.1) is 0 Å². The van der Waals surface area contributed by atoms with E-state index in [1.165, 1.54) is 0 Å². The Morgan fingerprint density at radius 2 is 1.89 bits per heavy atom. The molecule has 1 aliphatic heterocycles. The van der Waals surface area contributed by atoms with Gasteiger partial charge in [0.25, 0.3) is 0 Å². The van der Waals surface area contributed by atoms with Crippen LogP contribution in [0.4, 0.5) is 5.82 Å². The van der Waals surface area contributed by atoms with E-state index in [-0.39, 0.29) is 0 Å². The molecule has 5 nitrogen and oxygen atoms in total. The van der Waals surface area contributed by atoms with Crippen LogP contribution in [-0.2, 0) is 13.1 Å². The summed E-state index contributed by atoms with van der Waals surface area (Å²) in [6.45, 7) is 2.68. The highest BCUT2D eigenvalue weighted by molar-refractivity contribution is 5.75. The smallest absolute Gasteiger partial charge is 0.148 e. The third-order valence-corrected chi connectivity index (χ3v) is 3.50. The van der Waals surface area contributed by atoms with Gasteiger partial charge < -0.3 is 9.47 Å². The van der Waals surface area contributed by atoms with Crippen LogP contribution in [0, 0.1) is 0 Å². The van der Waals surface area contributed by atoms with Crippen LogP contribution in [0.2, 0.25) is 0 Å². The summed E-state index contributed by atoms with van der Waals surface area (Å²) in [6, 6.07) is 7.95. The van der Waals surface area contributed by atoms with Gasteiger partial charge in [-0.2, -0.15) is 0 Å². The van der Waals surface area contributed by atoms with Crippen molar-refractivity contribution in [3.8, 4) is 0 Å². The van der Waals surface area contributed by atoms with E-state index in [2.05, 4.69) is 24.4 Å². The summed E-state index contributed by atoms with van der Waals surface area (Å²) >= 11 is 0. The molecule has 0 aliphatic carbocycles. The Morgan fingerprint density at radius 1 is 1.00 bits per heavy atom. The summed E-state index contributed by atoms with van der Waals surface area (Å²) in [6.07, 6.45) is 5.73. The van der Waals surface area contributed by atoms with E-state index in [1.54, 1.807) is 0 Å². The average Bonchev–Trinajstić information content (AvgIpc) is 2.94. The van der Waals surface area contributed by atoms with E-state index in [9.17, 15) is 0 Å². The quantitative estimate of drug-likeness (QED) is 0.662. The zero-order valence-electron chi connectivity index (χ0n) is 10.4. The van der Waals surface area contributed by atoms with Crippen molar-refractivity contribution in [3.05, 3.63) is 48.7 Å². The van der Waals surface area contributed by atoms with Crippen LogP contribution in [0.3, 0.4) is 0 Å². The van der Waals surface area contributed by atoms with Gasteiger partial charge in [0.1, 0.15) is 11.6 Å². The zero-order chi connectivity index (χ0) is 12.7. The molecule has 0 unspecified atom stereocenters. The third-order valence-electron chi connectivity index (χ3n) is 3.50. The van der Waals surface area contributed by atoms with Crippen LogP contribution in [0.15, 0.2) is 42.9 Å². The standard InChI is InChI=1S/C14H13N5/c1-2-4-12-11(3-1)16-9-13(17-12)19-8-7-18-6-5-15-14(18)10-19/h1-6,9H,7-8,10H2. The van der Waals surface area contributed by atoms with Gasteiger partial charge in [0.05, 0.1) is 23.8 Å². The molecule has 19 heavy (non-hydrogen) atoms.